The molecule has 1 aliphatic carbocycles. The first-order chi connectivity index (χ1) is 9.58. The van der Waals surface area contributed by atoms with E-state index in [1.54, 1.807) is 7.05 Å². The third kappa shape index (κ3) is 3.10. The maximum Gasteiger partial charge on any atom is 0.236 e. The Bertz CT molecular complexity index is 506. The lowest BCUT2D eigenvalue weighted by Gasteiger charge is -2.25. The smallest absolute Gasteiger partial charge is 0.236 e. The van der Waals surface area contributed by atoms with Gasteiger partial charge in [0, 0.05) is 13.6 Å². The number of rotatable bonds is 6. The van der Waals surface area contributed by atoms with Gasteiger partial charge in [0.1, 0.15) is 0 Å². The van der Waals surface area contributed by atoms with Crippen LogP contribution in [0.1, 0.15) is 42.4 Å². The molecule has 2 rings (SSSR count). The van der Waals surface area contributed by atoms with Crippen molar-refractivity contribution in [1.82, 2.24) is 10.2 Å². The molecular weight excluding hydrogens is 248 g/mol. The first-order valence-corrected chi connectivity index (χ1v) is 7.24. The van der Waals surface area contributed by atoms with Crippen LogP contribution in [0.15, 0.2) is 24.8 Å². The topological polar surface area (TPSA) is 32.3 Å². The summed E-state index contributed by atoms with van der Waals surface area (Å²) in [5.74, 6) is 0.755. The largest absolute Gasteiger partial charge is 0.358 e. The van der Waals surface area contributed by atoms with Gasteiger partial charge in [-0.3, -0.25) is 9.69 Å². The van der Waals surface area contributed by atoms with Crippen molar-refractivity contribution in [2.45, 2.75) is 38.3 Å². The van der Waals surface area contributed by atoms with Crippen LogP contribution in [0.4, 0.5) is 0 Å². The fraction of sp³-hybridized carbons (Fsp3) is 0.471. The molecule has 108 valence electrons. The van der Waals surface area contributed by atoms with Gasteiger partial charge in [-0.1, -0.05) is 30.9 Å². The zero-order valence-electron chi connectivity index (χ0n) is 12.6. The number of amides is 1. The number of hydrogen-bond donors (Lipinski definition) is 1. The van der Waals surface area contributed by atoms with Crippen molar-refractivity contribution in [2.24, 2.45) is 0 Å². The molecule has 1 atom stereocenters. The highest BCUT2D eigenvalue weighted by atomic mass is 16.2. The standard InChI is InChI=1S/C17H24N2O/c1-5-13-7-6-8-15(14-9-10-14)16(13)11-19(4)12(2)17(20)18-3/h5-8,12,14H,1,9-11H2,2-4H3,(H,18,20). The summed E-state index contributed by atoms with van der Waals surface area (Å²) < 4.78 is 0. The average Bonchev–Trinajstić information content (AvgIpc) is 3.30. The fourth-order valence-electron chi connectivity index (χ4n) is 2.57. The molecular formula is C17H24N2O. The second kappa shape index (κ2) is 6.23. The molecule has 3 nitrogen and oxygen atoms in total. The van der Waals surface area contributed by atoms with E-state index in [9.17, 15) is 4.79 Å². The van der Waals surface area contributed by atoms with Crippen LogP contribution in [-0.2, 0) is 11.3 Å². The Hall–Kier alpha value is -1.61. The maximum absolute atomic E-state index is 11.8. The summed E-state index contributed by atoms with van der Waals surface area (Å²) in [6, 6.07) is 6.30. The van der Waals surface area contributed by atoms with Gasteiger partial charge in [0.05, 0.1) is 6.04 Å². The summed E-state index contributed by atoms with van der Waals surface area (Å²) in [5.41, 5.74) is 3.94. The molecule has 0 heterocycles. The molecule has 0 aliphatic heterocycles. The molecule has 1 saturated carbocycles. The first-order valence-electron chi connectivity index (χ1n) is 7.24. The van der Waals surface area contributed by atoms with Gasteiger partial charge in [-0.15, -0.1) is 0 Å². The molecule has 1 fully saturated rings. The third-order valence-electron chi connectivity index (χ3n) is 4.18. The van der Waals surface area contributed by atoms with Crippen molar-refractivity contribution in [3.63, 3.8) is 0 Å². The van der Waals surface area contributed by atoms with Gasteiger partial charge in [-0.2, -0.15) is 0 Å². The molecule has 0 saturated heterocycles. The summed E-state index contributed by atoms with van der Waals surface area (Å²) in [5, 5.41) is 2.71. The Balaban J connectivity index is 2.23. The van der Waals surface area contributed by atoms with Gasteiger partial charge < -0.3 is 5.32 Å². The van der Waals surface area contributed by atoms with Crippen LogP contribution in [0.2, 0.25) is 0 Å². The quantitative estimate of drug-likeness (QED) is 0.863. The summed E-state index contributed by atoms with van der Waals surface area (Å²) in [6.07, 6.45) is 4.48. The minimum absolute atomic E-state index is 0.0524. The van der Waals surface area contributed by atoms with Crippen LogP contribution in [0.3, 0.4) is 0 Å². The predicted molar refractivity (Wildman–Crippen MR) is 83.5 cm³/mol. The van der Waals surface area contributed by atoms with E-state index in [0.29, 0.717) is 5.92 Å². The van der Waals surface area contributed by atoms with E-state index in [1.165, 1.54) is 29.5 Å². The Labute approximate surface area is 121 Å². The molecule has 1 N–H and O–H groups in total. The second-order valence-electron chi connectivity index (χ2n) is 5.60. The molecule has 0 radical (unpaired) electrons. The van der Waals surface area contributed by atoms with E-state index in [2.05, 4.69) is 35.0 Å². The van der Waals surface area contributed by atoms with E-state index in [1.807, 2.05) is 20.0 Å². The van der Waals surface area contributed by atoms with Crippen LogP contribution < -0.4 is 5.32 Å². The number of nitrogens with one attached hydrogen (secondary N) is 1. The summed E-state index contributed by atoms with van der Waals surface area (Å²) in [6.45, 7) is 6.64. The van der Waals surface area contributed by atoms with Crippen molar-refractivity contribution in [3.8, 4) is 0 Å². The summed E-state index contributed by atoms with van der Waals surface area (Å²) in [7, 11) is 3.68. The van der Waals surface area contributed by atoms with E-state index in [4.69, 9.17) is 0 Å². The third-order valence-corrected chi connectivity index (χ3v) is 4.18. The monoisotopic (exact) mass is 272 g/mol. The van der Waals surface area contributed by atoms with E-state index >= 15 is 0 Å². The van der Waals surface area contributed by atoms with Gasteiger partial charge in [0.15, 0.2) is 0 Å². The highest BCUT2D eigenvalue weighted by Crippen LogP contribution is 2.42. The van der Waals surface area contributed by atoms with Gasteiger partial charge in [0.25, 0.3) is 0 Å². The number of carbonyl (C=O) groups is 1. The van der Waals surface area contributed by atoms with Crippen molar-refractivity contribution in [2.75, 3.05) is 14.1 Å². The lowest BCUT2D eigenvalue weighted by molar-refractivity contribution is -0.125. The number of hydrogen-bond acceptors (Lipinski definition) is 2. The molecule has 1 aliphatic rings. The van der Waals surface area contributed by atoms with Gasteiger partial charge in [-0.25, -0.2) is 0 Å². The predicted octanol–water partition coefficient (Wildman–Crippen LogP) is 2.77. The van der Waals surface area contributed by atoms with Crippen LogP contribution in [-0.4, -0.2) is 30.9 Å². The minimum atomic E-state index is -0.134. The zero-order chi connectivity index (χ0) is 14.7. The molecule has 3 heteroatoms. The number of carbonyl (C=O) groups excluding carboxylic acids is 1. The fourth-order valence-corrected chi connectivity index (χ4v) is 2.57. The van der Waals surface area contributed by atoms with Crippen molar-refractivity contribution >= 4 is 12.0 Å². The van der Waals surface area contributed by atoms with Crippen LogP contribution >= 0.6 is 0 Å². The molecule has 0 bridgehead atoms. The molecule has 0 aromatic heterocycles. The van der Waals surface area contributed by atoms with Crippen LogP contribution in [0.25, 0.3) is 6.08 Å². The highest BCUT2D eigenvalue weighted by Gasteiger charge is 2.27. The van der Waals surface area contributed by atoms with E-state index < -0.39 is 0 Å². The number of benzene rings is 1. The van der Waals surface area contributed by atoms with E-state index in [-0.39, 0.29) is 11.9 Å². The maximum atomic E-state index is 11.8. The first kappa shape index (κ1) is 14.8. The SMILES string of the molecule is C=Cc1cccc(C2CC2)c1CN(C)C(C)C(=O)NC. The Morgan fingerprint density at radius 3 is 2.80 bits per heavy atom. The molecule has 0 spiro atoms. The average molecular weight is 272 g/mol. The van der Waals surface area contributed by atoms with Gasteiger partial charge >= 0.3 is 0 Å². The van der Waals surface area contributed by atoms with E-state index in [0.717, 1.165) is 6.54 Å². The molecule has 1 unspecified atom stereocenters. The molecule has 1 aromatic rings. The minimum Gasteiger partial charge on any atom is -0.358 e. The van der Waals surface area contributed by atoms with Gasteiger partial charge in [-0.05, 0) is 49.4 Å². The zero-order valence-corrected chi connectivity index (χ0v) is 12.6. The van der Waals surface area contributed by atoms with Crippen molar-refractivity contribution < 1.29 is 4.79 Å². The summed E-state index contributed by atoms with van der Waals surface area (Å²) in [4.78, 5) is 13.8. The lowest BCUT2D eigenvalue weighted by Crippen LogP contribution is -2.41. The molecule has 1 aromatic carbocycles. The number of nitrogens with zero attached hydrogens (tertiary/aromatic N) is 1. The van der Waals surface area contributed by atoms with Crippen LogP contribution in [0.5, 0.6) is 0 Å². The second-order valence-corrected chi connectivity index (χ2v) is 5.60. The normalized spacial score (nSPS) is 16.0. The Kier molecular flexibility index (Phi) is 4.61. The highest BCUT2D eigenvalue weighted by molar-refractivity contribution is 5.80. The lowest BCUT2D eigenvalue weighted by atomic mass is 9.97. The number of likely N-dealkylation sites (N-methyl/N-ethyl adjacent to an activating group) is 2. The van der Waals surface area contributed by atoms with Crippen molar-refractivity contribution in [3.05, 3.63) is 41.5 Å². The Morgan fingerprint density at radius 2 is 2.25 bits per heavy atom. The Morgan fingerprint density at radius 1 is 1.55 bits per heavy atom. The van der Waals surface area contributed by atoms with Crippen LogP contribution in [0, 0.1) is 0 Å². The molecule has 1 amide bonds. The summed E-state index contributed by atoms with van der Waals surface area (Å²) >= 11 is 0. The molecule has 20 heavy (non-hydrogen) atoms. The van der Waals surface area contributed by atoms with Gasteiger partial charge in [0.2, 0.25) is 5.91 Å². The van der Waals surface area contributed by atoms with Crippen molar-refractivity contribution in [1.29, 1.82) is 0 Å².